The molecular weight excluding hydrogens is 428 g/mol. The van der Waals surface area contributed by atoms with E-state index in [4.69, 9.17) is 9.16 Å². The van der Waals surface area contributed by atoms with Crippen molar-refractivity contribution in [1.29, 1.82) is 0 Å². The molecular formula is C27H42N2O3Si. The third-order valence-corrected chi connectivity index (χ3v) is 14.6. The molecule has 5 nitrogen and oxygen atoms in total. The number of hydrogen-bond donors (Lipinski definition) is 2. The van der Waals surface area contributed by atoms with E-state index in [0.717, 1.165) is 56.2 Å². The summed E-state index contributed by atoms with van der Waals surface area (Å²) in [4.78, 5) is 2.64. The molecule has 3 fully saturated rings. The van der Waals surface area contributed by atoms with Crippen molar-refractivity contribution in [2.45, 2.75) is 107 Å². The number of likely N-dealkylation sites (N-methyl/N-ethyl adjacent to an activating group) is 1. The molecule has 1 spiro atoms. The molecule has 2 saturated carbocycles. The Morgan fingerprint density at radius 3 is 2.64 bits per heavy atom. The predicted molar refractivity (Wildman–Crippen MR) is 134 cm³/mol. The van der Waals surface area contributed by atoms with Gasteiger partial charge in [-0.05, 0) is 87.8 Å². The zero-order valence-electron chi connectivity index (χ0n) is 21.3. The highest BCUT2D eigenvalue weighted by atomic mass is 28.4. The van der Waals surface area contributed by atoms with Gasteiger partial charge in [-0.2, -0.15) is 0 Å². The summed E-state index contributed by atoms with van der Waals surface area (Å²) in [5, 5.41) is 16.3. The van der Waals surface area contributed by atoms with Gasteiger partial charge in [-0.3, -0.25) is 4.90 Å². The van der Waals surface area contributed by atoms with Crippen molar-refractivity contribution in [2.24, 2.45) is 5.92 Å². The van der Waals surface area contributed by atoms with Crippen molar-refractivity contribution in [1.82, 2.24) is 10.2 Å². The van der Waals surface area contributed by atoms with E-state index in [0.29, 0.717) is 0 Å². The van der Waals surface area contributed by atoms with Crippen molar-refractivity contribution >= 4 is 8.32 Å². The number of hydrogen-bond acceptors (Lipinski definition) is 5. The van der Waals surface area contributed by atoms with Gasteiger partial charge in [0.15, 0.2) is 5.75 Å². The maximum Gasteiger partial charge on any atom is 0.250 e. The molecule has 1 aromatic carbocycles. The Balaban J connectivity index is 1.49. The smallest absolute Gasteiger partial charge is 0.250 e. The molecule has 2 bridgehead atoms. The summed E-state index contributed by atoms with van der Waals surface area (Å²) in [6.45, 7) is 13.7. The van der Waals surface area contributed by atoms with E-state index in [1.807, 2.05) is 0 Å². The lowest BCUT2D eigenvalue weighted by molar-refractivity contribution is -0.191. The fourth-order valence-electron chi connectivity index (χ4n) is 7.28. The summed E-state index contributed by atoms with van der Waals surface area (Å²) >= 11 is 0. The number of benzene rings is 1. The average Bonchev–Trinajstić information content (AvgIpc) is 3.48. The number of ether oxygens (including phenoxy) is 1. The highest BCUT2D eigenvalue weighted by Crippen LogP contribution is 2.66. The third kappa shape index (κ3) is 2.93. The van der Waals surface area contributed by atoms with Crippen LogP contribution >= 0.6 is 0 Å². The van der Waals surface area contributed by atoms with Gasteiger partial charge >= 0.3 is 0 Å². The number of rotatable bonds is 5. The normalized spacial score (nSPS) is 37.5. The summed E-state index contributed by atoms with van der Waals surface area (Å²) in [5.74, 6) is 2.68. The summed E-state index contributed by atoms with van der Waals surface area (Å²) in [7, 11) is 0.0295. The number of piperidine rings is 1. The minimum Gasteiger partial charge on any atom is -0.541 e. The maximum absolute atomic E-state index is 12.6. The molecule has 6 heteroatoms. The summed E-state index contributed by atoms with van der Waals surface area (Å²) in [5.41, 5.74) is 1.60. The molecule has 1 aromatic rings. The Labute approximate surface area is 200 Å². The molecule has 2 N–H and O–H groups in total. The molecule has 33 heavy (non-hydrogen) atoms. The number of nitrogens with one attached hydrogen (secondary N) is 1. The monoisotopic (exact) mass is 470 g/mol. The van der Waals surface area contributed by atoms with Crippen LogP contribution in [0.25, 0.3) is 0 Å². The SMILES string of the molecule is CN[C@H]1CC[C@@]2(O)[C@@H]3Cc4ccc(O[Si](C)(C)C(C)(C)C)c5c4[C@@]2(CCN3CC2CC2)[C@H]1O5. The van der Waals surface area contributed by atoms with Crippen LogP contribution in [0.2, 0.25) is 18.1 Å². The van der Waals surface area contributed by atoms with E-state index in [1.54, 1.807) is 0 Å². The molecule has 2 aliphatic heterocycles. The molecule has 0 unspecified atom stereocenters. The summed E-state index contributed by atoms with van der Waals surface area (Å²) in [6, 6.07) is 4.91. The van der Waals surface area contributed by atoms with Gasteiger partial charge in [0.2, 0.25) is 0 Å². The Morgan fingerprint density at radius 2 is 1.97 bits per heavy atom. The van der Waals surface area contributed by atoms with E-state index in [2.05, 4.69) is 63.3 Å². The van der Waals surface area contributed by atoms with E-state index in [1.165, 1.54) is 24.0 Å². The van der Waals surface area contributed by atoms with Gasteiger partial charge in [0.1, 0.15) is 11.9 Å². The zero-order valence-corrected chi connectivity index (χ0v) is 22.3. The van der Waals surface area contributed by atoms with Crippen LogP contribution < -0.4 is 14.5 Å². The molecule has 3 aliphatic carbocycles. The van der Waals surface area contributed by atoms with Gasteiger partial charge in [0, 0.05) is 24.2 Å². The first-order chi connectivity index (χ1) is 15.5. The fraction of sp³-hybridized carbons (Fsp3) is 0.778. The lowest BCUT2D eigenvalue weighted by atomic mass is 9.48. The van der Waals surface area contributed by atoms with Crippen molar-refractivity contribution in [3.8, 4) is 11.5 Å². The Bertz CT molecular complexity index is 971. The van der Waals surface area contributed by atoms with Crippen LogP contribution in [-0.4, -0.2) is 62.2 Å². The molecule has 2 heterocycles. The molecule has 5 aliphatic rings. The van der Waals surface area contributed by atoms with Crippen LogP contribution in [-0.2, 0) is 11.8 Å². The summed E-state index contributed by atoms with van der Waals surface area (Å²) in [6.07, 6.45) is 6.37. The molecule has 182 valence electrons. The first kappa shape index (κ1) is 22.4. The van der Waals surface area contributed by atoms with Gasteiger partial charge in [-0.15, -0.1) is 0 Å². The van der Waals surface area contributed by atoms with Crippen molar-refractivity contribution in [3.63, 3.8) is 0 Å². The van der Waals surface area contributed by atoms with Crippen LogP contribution in [0.4, 0.5) is 0 Å². The zero-order chi connectivity index (χ0) is 23.4. The van der Waals surface area contributed by atoms with Gasteiger partial charge in [-0.1, -0.05) is 26.8 Å². The lowest BCUT2D eigenvalue weighted by Gasteiger charge is -2.64. The predicted octanol–water partition coefficient (Wildman–Crippen LogP) is 4.22. The van der Waals surface area contributed by atoms with Crippen molar-refractivity contribution < 1.29 is 14.3 Å². The molecule has 0 radical (unpaired) electrons. The van der Waals surface area contributed by atoms with Crippen molar-refractivity contribution in [2.75, 3.05) is 20.1 Å². The Kier molecular flexibility index (Phi) is 4.74. The van der Waals surface area contributed by atoms with Crippen LogP contribution in [0.1, 0.15) is 64.0 Å². The third-order valence-electron chi connectivity index (χ3n) is 10.3. The van der Waals surface area contributed by atoms with Crippen LogP contribution in [0.5, 0.6) is 11.5 Å². The number of likely N-dealkylation sites (tertiary alicyclic amines) is 1. The number of nitrogens with zero attached hydrogens (tertiary/aromatic N) is 1. The van der Waals surface area contributed by atoms with Gasteiger partial charge < -0.3 is 19.6 Å². The molecule has 5 atom stereocenters. The number of aliphatic hydroxyl groups is 1. The van der Waals surface area contributed by atoms with Crippen LogP contribution in [0.15, 0.2) is 12.1 Å². The second-order valence-electron chi connectivity index (χ2n) is 13.1. The van der Waals surface area contributed by atoms with Gasteiger partial charge in [0.25, 0.3) is 8.32 Å². The van der Waals surface area contributed by atoms with E-state index in [-0.39, 0.29) is 28.6 Å². The quantitative estimate of drug-likeness (QED) is 0.631. The highest BCUT2D eigenvalue weighted by molar-refractivity contribution is 6.74. The van der Waals surface area contributed by atoms with Gasteiger partial charge in [-0.25, -0.2) is 0 Å². The largest absolute Gasteiger partial charge is 0.541 e. The maximum atomic E-state index is 12.6. The molecule has 1 saturated heterocycles. The molecule has 6 rings (SSSR count). The van der Waals surface area contributed by atoms with E-state index < -0.39 is 13.9 Å². The van der Waals surface area contributed by atoms with Crippen LogP contribution in [0, 0.1) is 5.92 Å². The Hall–Kier alpha value is -1.08. The second-order valence-corrected chi connectivity index (χ2v) is 17.8. The first-order valence-corrected chi connectivity index (χ1v) is 16.1. The topological polar surface area (TPSA) is 54.0 Å². The van der Waals surface area contributed by atoms with Crippen molar-refractivity contribution in [3.05, 3.63) is 23.3 Å². The minimum atomic E-state index is -2.02. The average molecular weight is 471 g/mol. The molecule has 0 aromatic heterocycles. The van der Waals surface area contributed by atoms with E-state index >= 15 is 0 Å². The summed E-state index contributed by atoms with van der Waals surface area (Å²) < 4.78 is 13.8. The van der Waals surface area contributed by atoms with E-state index in [9.17, 15) is 5.11 Å². The van der Waals surface area contributed by atoms with Gasteiger partial charge in [0.05, 0.1) is 11.0 Å². The lowest BCUT2D eigenvalue weighted by Crippen LogP contribution is -2.78. The molecule has 0 amide bonds. The highest BCUT2D eigenvalue weighted by Gasteiger charge is 2.73. The fourth-order valence-corrected chi connectivity index (χ4v) is 8.29. The second kappa shape index (κ2) is 6.99. The Morgan fingerprint density at radius 1 is 1.21 bits per heavy atom. The minimum absolute atomic E-state index is 0.0370. The standard InChI is InChI=1S/C27H42N2O3Si/c1-25(2,3)33(5,6)32-20-10-9-18-15-21-27(30)12-11-19(28-4)24-26(27,22(18)23(20)31-24)13-14-29(21)16-17-7-8-17/h9-10,17,19,21,24,28,30H,7-8,11-16H2,1-6H3/t19-,21-,24-,26-,27+/m0/s1. The van der Waals surface area contributed by atoms with Crippen LogP contribution in [0.3, 0.4) is 0 Å². The first-order valence-electron chi connectivity index (χ1n) is 13.2.